The molecule has 354 valence electrons. The third kappa shape index (κ3) is 7.04. The SMILES string of the molecule is CC1(C)CCC(C)(C)c2cc(Nc3c(-c4cc(-c5ccccc5)cc5c4Bc4cc6c(cc4N5c4ccc5c(c4)C(C)(C)CCC5(C)C)C(C)(C)CCC6(C)C)ccc4oc5ccccc5c34)ccc21. The Morgan fingerprint density at radius 3 is 1.66 bits per heavy atom. The van der Waals surface area contributed by atoms with E-state index in [0.717, 1.165) is 47.0 Å². The molecule has 0 atom stereocenters. The monoisotopic (exact) mass is 919 g/mol. The number of hydrogen-bond acceptors (Lipinski definition) is 3. The second kappa shape index (κ2) is 15.3. The molecule has 1 aliphatic heterocycles. The molecule has 2 heterocycles. The minimum Gasteiger partial charge on any atom is -0.456 e. The van der Waals surface area contributed by atoms with Crippen LogP contribution in [0.15, 0.2) is 132 Å². The van der Waals surface area contributed by atoms with Gasteiger partial charge in [-0.15, -0.1) is 0 Å². The average Bonchev–Trinajstić information content (AvgIpc) is 3.72. The van der Waals surface area contributed by atoms with Gasteiger partial charge in [0.1, 0.15) is 11.2 Å². The molecule has 0 saturated heterocycles. The minimum absolute atomic E-state index is 0.0617. The van der Waals surface area contributed by atoms with Crippen molar-refractivity contribution in [3.8, 4) is 22.3 Å². The average molecular weight is 919 g/mol. The van der Waals surface area contributed by atoms with E-state index in [2.05, 4.69) is 221 Å². The van der Waals surface area contributed by atoms with Crippen molar-refractivity contribution < 1.29 is 4.42 Å². The van der Waals surface area contributed by atoms with Crippen molar-refractivity contribution in [1.82, 2.24) is 0 Å². The minimum atomic E-state index is 0.0617. The number of hydrogen-bond donors (Lipinski definition) is 1. The van der Waals surface area contributed by atoms with Gasteiger partial charge >= 0.3 is 0 Å². The number of benzene rings is 7. The highest BCUT2D eigenvalue weighted by molar-refractivity contribution is 6.73. The Kier molecular flexibility index (Phi) is 9.84. The molecule has 0 amide bonds. The third-order valence-corrected chi connectivity index (χ3v) is 18.3. The fourth-order valence-electron chi connectivity index (χ4n) is 13.4. The highest BCUT2D eigenvalue weighted by Crippen LogP contribution is 2.53. The lowest BCUT2D eigenvalue weighted by molar-refractivity contribution is 0.332. The van der Waals surface area contributed by atoms with E-state index in [1.807, 2.05) is 0 Å². The Bertz CT molecular complexity index is 3450. The predicted molar refractivity (Wildman–Crippen MR) is 301 cm³/mol. The first kappa shape index (κ1) is 45.2. The molecule has 0 unspecified atom stereocenters. The first-order valence-electron chi connectivity index (χ1n) is 26.3. The molecule has 8 aromatic rings. The summed E-state index contributed by atoms with van der Waals surface area (Å²) in [5, 5.41) is 6.42. The van der Waals surface area contributed by atoms with Gasteiger partial charge < -0.3 is 14.6 Å². The van der Waals surface area contributed by atoms with Gasteiger partial charge in [0.2, 0.25) is 0 Å². The molecule has 4 aliphatic rings. The quantitative estimate of drug-likeness (QED) is 0.174. The number of nitrogens with one attached hydrogen (secondary N) is 1. The van der Waals surface area contributed by atoms with Gasteiger partial charge in [0, 0.05) is 33.7 Å². The first-order valence-corrected chi connectivity index (χ1v) is 26.3. The molecule has 0 bridgehead atoms. The fraction of sp³-hybridized carbons (Fsp3) is 0.364. The molecule has 0 saturated carbocycles. The van der Waals surface area contributed by atoms with Crippen molar-refractivity contribution in [2.24, 2.45) is 0 Å². The van der Waals surface area contributed by atoms with E-state index in [1.54, 1.807) is 0 Å². The van der Waals surface area contributed by atoms with Crippen LogP contribution in [0.1, 0.15) is 155 Å². The maximum Gasteiger partial charge on any atom is 0.198 e. The van der Waals surface area contributed by atoms with Gasteiger partial charge in [0.15, 0.2) is 7.28 Å². The first-order chi connectivity index (χ1) is 33.1. The zero-order valence-corrected chi connectivity index (χ0v) is 43.9. The van der Waals surface area contributed by atoms with Crippen molar-refractivity contribution in [1.29, 1.82) is 0 Å². The summed E-state index contributed by atoms with van der Waals surface area (Å²) in [4.78, 5) is 2.67. The molecule has 70 heavy (non-hydrogen) atoms. The van der Waals surface area contributed by atoms with Crippen LogP contribution >= 0.6 is 0 Å². The van der Waals surface area contributed by atoms with Gasteiger partial charge in [-0.1, -0.05) is 155 Å². The van der Waals surface area contributed by atoms with E-state index >= 15 is 0 Å². The number of fused-ring (bicyclic) bond motifs is 8. The van der Waals surface area contributed by atoms with Crippen LogP contribution in [0.4, 0.5) is 28.4 Å². The number of rotatable bonds is 5. The van der Waals surface area contributed by atoms with Gasteiger partial charge in [-0.2, -0.15) is 0 Å². The van der Waals surface area contributed by atoms with Gasteiger partial charge in [0.25, 0.3) is 0 Å². The number of furan rings is 1. The van der Waals surface area contributed by atoms with Crippen LogP contribution in [0.2, 0.25) is 0 Å². The predicted octanol–water partition coefficient (Wildman–Crippen LogP) is 16.9. The molecular formula is C66H71BN2O. The molecule has 3 aliphatic carbocycles. The lowest BCUT2D eigenvalue weighted by Crippen LogP contribution is -2.44. The maximum absolute atomic E-state index is 6.72. The fourth-order valence-corrected chi connectivity index (χ4v) is 13.4. The van der Waals surface area contributed by atoms with E-state index in [-0.39, 0.29) is 32.5 Å². The summed E-state index contributed by atoms with van der Waals surface area (Å²) in [6.45, 7) is 29.4. The summed E-state index contributed by atoms with van der Waals surface area (Å²) in [5.41, 5.74) is 24.8. The Morgan fingerprint density at radius 1 is 0.443 bits per heavy atom. The van der Waals surface area contributed by atoms with Gasteiger partial charge in [0.05, 0.1) is 11.1 Å². The lowest BCUT2D eigenvalue weighted by Gasteiger charge is -2.45. The van der Waals surface area contributed by atoms with Crippen LogP contribution in [-0.4, -0.2) is 7.28 Å². The van der Waals surface area contributed by atoms with Gasteiger partial charge in [-0.3, -0.25) is 0 Å². The molecule has 3 nitrogen and oxygen atoms in total. The topological polar surface area (TPSA) is 28.4 Å². The Labute approximate surface area is 418 Å². The van der Waals surface area contributed by atoms with E-state index in [1.165, 1.54) is 116 Å². The second-order valence-electron chi connectivity index (χ2n) is 25.8. The molecule has 0 fully saturated rings. The van der Waals surface area contributed by atoms with Crippen LogP contribution < -0.4 is 21.1 Å². The maximum atomic E-state index is 6.72. The summed E-state index contributed by atoms with van der Waals surface area (Å²) in [6.07, 6.45) is 7.06. The molecule has 4 heteroatoms. The summed E-state index contributed by atoms with van der Waals surface area (Å²) >= 11 is 0. The van der Waals surface area contributed by atoms with Crippen molar-refractivity contribution in [2.45, 2.75) is 154 Å². The molecule has 0 radical (unpaired) electrons. The number of nitrogens with zero attached hydrogens (tertiary/aromatic N) is 1. The normalized spacial score (nSPS) is 19.6. The van der Waals surface area contributed by atoms with Crippen molar-refractivity contribution in [3.05, 3.63) is 161 Å². The summed E-state index contributed by atoms with van der Waals surface area (Å²) in [6, 6.07) is 49.1. The largest absolute Gasteiger partial charge is 0.456 e. The highest BCUT2D eigenvalue weighted by atomic mass is 16.3. The van der Waals surface area contributed by atoms with Crippen LogP contribution in [0.5, 0.6) is 0 Å². The van der Waals surface area contributed by atoms with E-state index < -0.39 is 0 Å². The van der Waals surface area contributed by atoms with Crippen molar-refractivity contribution >= 4 is 68.6 Å². The third-order valence-electron chi connectivity index (χ3n) is 18.3. The molecule has 1 aromatic heterocycles. The van der Waals surface area contributed by atoms with Crippen LogP contribution in [0.25, 0.3) is 44.2 Å². The Hall–Kier alpha value is -6.00. The Morgan fingerprint density at radius 2 is 1.00 bits per heavy atom. The highest BCUT2D eigenvalue weighted by Gasteiger charge is 2.42. The molecule has 0 spiro atoms. The van der Waals surface area contributed by atoms with Gasteiger partial charge in [-0.25, -0.2) is 0 Å². The molecule has 12 rings (SSSR count). The van der Waals surface area contributed by atoms with E-state index in [9.17, 15) is 0 Å². The zero-order valence-electron chi connectivity index (χ0n) is 43.9. The lowest BCUT2D eigenvalue weighted by atomic mass is 9.55. The number of anilines is 5. The van der Waals surface area contributed by atoms with E-state index in [4.69, 9.17) is 4.42 Å². The standard InChI is InChI=1S/C66H71BN2O/c1-61(2)28-30-63(5,6)49-36-42(22-25-47(49)61)68-60-44(24-27-57-58(60)45-20-16-17-21-56(45)70-57)46-34-41(40-18-14-13-15-19-40)35-55-59(46)67-53-38-51-52(66(11,12)33-32-65(51,9)10)39-54(53)69(55)43-23-26-48-50(37-43)64(7,8)31-29-62(48,3)4/h13-27,34-39,67-68H,28-33H2,1-12H3. The summed E-state index contributed by atoms with van der Waals surface area (Å²) < 4.78 is 6.72. The zero-order chi connectivity index (χ0) is 48.9. The summed E-state index contributed by atoms with van der Waals surface area (Å²) in [7, 11) is 0.824. The molecule has 1 N–H and O–H groups in total. The number of para-hydroxylation sites is 1. The van der Waals surface area contributed by atoms with Crippen molar-refractivity contribution in [2.75, 3.05) is 10.2 Å². The van der Waals surface area contributed by atoms with Gasteiger partial charge in [-0.05, 0) is 187 Å². The van der Waals surface area contributed by atoms with Crippen LogP contribution in [-0.2, 0) is 32.5 Å². The molecule has 7 aromatic carbocycles. The van der Waals surface area contributed by atoms with E-state index in [0.29, 0.717) is 0 Å². The second-order valence-corrected chi connectivity index (χ2v) is 25.8. The van der Waals surface area contributed by atoms with Crippen molar-refractivity contribution in [3.63, 3.8) is 0 Å². The molecular weight excluding hydrogens is 848 g/mol. The summed E-state index contributed by atoms with van der Waals surface area (Å²) in [5.74, 6) is 0. The smallest absolute Gasteiger partial charge is 0.198 e. The Balaban J connectivity index is 1.16. The van der Waals surface area contributed by atoms with Crippen LogP contribution in [0, 0.1) is 0 Å². The van der Waals surface area contributed by atoms with Crippen LogP contribution in [0.3, 0.4) is 0 Å².